The van der Waals surface area contributed by atoms with Crippen LogP contribution in [0.3, 0.4) is 0 Å². The van der Waals surface area contributed by atoms with Gasteiger partial charge >= 0.3 is 5.97 Å². The van der Waals surface area contributed by atoms with Crippen LogP contribution in [0.5, 0.6) is 0 Å². The van der Waals surface area contributed by atoms with Crippen molar-refractivity contribution in [1.29, 1.82) is 0 Å². The third-order valence-corrected chi connectivity index (χ3v) is 5.48. The molecule has 2 heterocycles. The molecule has 0 spiro atoms. The fourth-order valence-corrected chi connectivity index (χ4v) is 3.55. The fraction of sp³-hybridized carbons (Fsp3) is 0.333. The average Bonchev–Trinajstić information content (AvgIpc) is 3.15. The number of carbonyl (C=O) groups excluding carboxylic acids is 2. The molecule has 0 saturated heterocycles. The number of hydrogen-bond donors (Lipinski definition) is 2. The van der Waals surface area contributed by atoms with Crippen LogP contribution in [-0.2, 0) is 14.3 Å². The Bertz CT molecular complexity index is 1070. The molecule has 0 bridgehead atoms. The molecule has 1 aromatic carbocycles. The normalized spacial score (nSPS) is 10.8. The van der Waals surface area contributed by atoms with Gasteiger partial charge in [0.2, 0.25) is 5.91 Å². The SMILES string of the molecule is COC(=O)CCC(=O)NCCCCNc1cc(-c2ccccc2Cl)nc2c(Br)cnn12. The largest absolute Gasteiger partial charge is 0.469 e. The molecule has 3 aromatic rings. The molecule has 0 aliphatic carbocycles. The Labute approximate surface area is 193 Å². The van der Waals surface area contributed by atoms with E-state index in [0.29, 0.717) is 23.8 Å². The lowest BCUT2D eigenvalue weighted by molar-refractivity contribution is -0.142. The Morgan fingerprint density at radius 2 is 1.97 bits per heavy atom. The molecule has 0 aliphatic heterocycles. The fourth-order valence-electron chi connectivity index (χ4n) is 2.97. The third kappa shape index (κ3) is 6.18. The molecule has 0 unspecified atom stereocenters. The van der Waals surface area contributed by atoms with Crippen LogP contribution in [0.1, 0.15) is 25.7 Å². The molecule has 2 N–H and O–H groups in total. The van der Waals surface area contributed by atoms with Crippen molar-refractivity contribution >= 4 is 50.9 Å². The highest BCUT2D eigenvalue weighted by Crippen LogP contribution is 2.30. The van der Waals surface area contributed by atoms with Crippen molar-refractivity contribution in [1.82, 2.24) is 19.9 Å². The molecule has 2 aromatic heterocycles. The summed E-state index contributed by atoms with van der Waals surface area (Å²) in [4.78, 5) is 27.4. The number of unbranched alkanes of at least 4 members (excludes halogenated alkanes) is 1. The minimum Gasteiger partial charge on any atom is -0.469 e. The van der Waals surface area contributed by atoms with Gasteiger partial charge in [-0.3, -0.25) is 9.59 Å². The molecular weight excluding hydrogens is 486 g/mol. The van der Waals surface area contributed by atoms with Crippen molar-refractivity contribution in [3.8, 4) is 11.3 Å². The lowest BCUT2D eigenvalue weighted by Gasteiger charge is -2.12. The number of amides is 1. The number of aromatic nitrogens is 3. The molecule has 0 radical (unpaired) electrons. The topological polar surface area (TPSA) is 97.6 Å². The van der Waals surface area contributed by atoms with E-state index in [0.717, 1.165) is 34.4 Å². The summed E-state index contributed by atoms with van der Waals surface area (Å²) in [5, 5.41) is 11.2. The maximum absolute atomic E-state index is 11.7. The summed E-state index contributed by atoms with van der Waals surface area (Å²) in [6.45, 7) is 1.24. The highest BCUT2D eigenvalue weighted by atomic mass is 79.9. The minimum absolute atomic E-state index is 0.0924. The lowest BCUT2D eigenvalue weighted by atomic mass is 10.1. The van der Waals surface area contributed by atoms with Gasteiger partial charge in [-0.05, 0) is 34.8 Å². The second kappa shape index (κ2) is 11.1. The first-order chi connectivity index (χ1) is 15.0. The second-order valence-electron chi connectivity index (χ2n) is 6.79. The zero-order valence-corrected chi connectivity index (χ0v) is 19.4. The Morgan fingerprint density at radius 1 is 1.19 bits per heavy atom. The van der Waals surface area contributed by atoms with Crippen LogP contribution < -0.4 is 10.6 Å². The number of nitrogens with one attached hydrogen (secondary N) is 2. The van der Waals surface area contributed by atoms with Gasteiger partial charge in [-0.2, -0.15) is 9.61 Å². The Morgan fingerprint density at radius 3 is 2.74 bits per heavy atom. The van der Waals surface area contributed by atoms with Crippen LogP contribution in [0.4, 0.5) is 5.82 Å². The van der Waals surface area contributed by atoms with Crippen LogP contribution in [0.15, 0.2) is 41.0 Å². The van der Waals surface area contributed by atoms with Gasteiger partial charge in [0.25, 0.3) is 0 Å². The van der Waals surface area contributed by atoms with E-state index in [1.165, 1.54) is 7.11 Å². The summed E-state index contributed by atoms with van der Waals surface area (Å²) >= 11 is 9.85. The number of methoxy groups -OCH3 is 1. The Balaban J connectivity index is 1.56. The van der Waals surface area contributed by atoms with Gasteiger partial charge in [0.05, 0.1) is 29.9 Å². The van der Waals surface area contributed by atoms with Crippen molar-refractivity contribution in [3.05, 3.63) is 46.0 Å². The van der Waals surface area contributed by atoms with E-state index < -0.39 is 0 Å². The van der Waals surface area contributed by atoms with Crippen molar-refractivity contribution in [3.63, 3.8) is 0 Å². The van der Waals surface area contributed by atoms with Gasteiger partial charge in [-0.25, -0.2) is 4.98 Å². The highest BCUT2D eigenvalue weighted by Gasteiger charge is 2.13. The standard InChI is InChI=1S/C21H23BrClN5O3/c1-31-20(30)9-8-19(29)25-11-5-4-10-24-18-12-17(14-6-2-3-7-16(14)23)27-21-15(22)13-26-28(18)21/h2-3,6-7,12-13,24H,4-5,8-11H2,1H3,(H,25,29). The van der Waals surface area contributed by atoms with Crippen molar-refractivity contribution < 1.29 is 14.3 Å². The predicted molar refractivity (Wildman–Crippen MR) is 123 cm³/mol. The number of carbonyl (C=O) groups is 2. The Kier molecular flexibility index (Phi) is 8.25. The summed E-state index contributed by atoms with van der Waals surface area (Å²) < 4.78 is 7.05. The van der Waals surface area contributed by atoms with E-state index in [2.05, 4.69) is 41.4 Å². The quantitative estimate of drug-likeness (QED) is 0.316. The van der Waals surface area contributed by atoms with Gasteiger partial charge in [-0.1, -0.05) is 29.8 Å². The number of ether oxygens (including phenoxy) is 1. The van der Waals surface area contributed by atoms with Crippen molar-refractivity contribution in [2.24, 2.45) is 0 Å². The summed E-state index contributed by atoms with van der Waals surface area (Å²) in [7, 11) is 1.31. The lowest BCUT2D eigenvalue weighted by Crippen LogP contribution is -2.25. The molecule has 8 nitrogen and oxygen atoms in total. The number of hydrogen-bond acceptors (Lipinski definition) is 6. The summed E-state index contributed by atoms with van der Waals surface area (Å²) in [5.41, 5.74) is 2.29. The number of benzene rings is 1. The highest BCUT2D eigenvalue weighted by molar-refractivity contribution is 9.10. The molecular formula is C21H23BrClN5O3. The summed E-state index contributed by atoms with van der Waals surface area (Å²) in [6.07, 6.45) is 3.57. The predicted octanol–water partition coefficient (Wildman–Crippen LogP) is 4.07. The van der Waals surface area contributed by atoms with Crippen LogP contribution in [-0.4, -0.2) is 46.7 Å². The van der Waals surface area contributed by atoms with Crippen LogP contribution in [0.25, 0.3) is 16.9 Å². The number of esters is 1. The summed E-state index contributed by atoms with van der Waals surface area (Å²) in [6, 6.07) is 9.48. The number of rotatable bonds is 10. The van der Waals surface area contributed by atoms with Gasteiger partial charge in [-0.15, -0.1) is 0 Å². The van der Waals surface area contributed by atoms with Gasteiger partial charge in [0.15, 0.2) is 5.65 Å². The van der Waals surface area contributed by atoms with E-state index in [1.54, 1.807) is 10.7 Å². The number of nitrogens with zero attached hydrogens (tertiary/aromatic N) is 3. The van der Waals surface area contributed by atoms with Crippen LogP contribution in [0.2, 0.25) is 5.02 Å². The maximum Gasteiger partial charge on any atom is 0.306 e. The van der Waals surface area contributed by atoms with Crippen LogP contribution in [0, 0.1) is 0 Å². The van der Waals surface area contributed by atoms with Crippen molar-refractivity contribution in [2.45, 2.75) is 25.7 Å². The number of fused-ring (bicyclic) bond motifs is 1. The number of anilines is 1. The second-order valence-corrected chi connectivity index (χ2v) is 8.06. The first kappa shape index (κ1) is 23.0. The first-order valence-corrected chi connectivity index (χ1v) is 11.0. The molecule has 31 heavy (non-hydrogen) atoms. The monoisotopic (exact) mass is 507 g/mol. The Hall–Kier alpha value is -2.65. The van der Waals surface area contributed by atoms with E-state index >= 15 is 0 Å². The molecule has 1 amide bonds. The molecule has 10 heteroatoms. The zero-order valence-electron chi connectivity index (χ0n) is 17.0. The molecule has 0 aliphatic rings. The smallest absolute Gasteiger partial charge is 0.306 e. The molecule has 164 valence electrons. The third-order valence-electron chi connectivity index (χ3n) is 4.59. The maximum atomic E-state index is 11.7. The first-order valence-electron chi connectivity index (χ1n) is 9.86. The van der Waals surface area contributed by atoms with Crippen LogP contribution >= 0.6 is 27.5 Å². The van der Waals surface area contributed by atoms with E-state index in [-0.39, 0.29) is 24.7 Å². The average molecular weight is 509 g/mol. The van der Waals surface area contributed by atoms with E-state index in [1.807, 2.05) is 30.3 Å². The van der Waals surface area contributed by atoms with Crippen molar-refractivity contribution in [2.75, 3.05) is 25.5 Å². The van der Waals surface area contributed by atoms with Gasteiger partial charge in [0, 0.05) is 36.2 Å². The van der Waals surface area contributed by atoms with E-state index in [4.69, 9.17) is 11.6 Å². The van der Waals surface area contributed by atoms with E-state index in [9.17, 15) is 9.59 Å². The minimum atomic E-state index is -0.385. The van der Waals surface area contributed by atoms with Gasteiger partial charge in [0.1, 0.15) is 5.82 Å². The summed E-state index contributed by atoms with van der Waals surface area (Å²) in [5.74, 6) is 0.261. The molecule has 0 atom stereocenters. The zero-order chi connectivity index (χ0) is 22.2. The number of halogens is 2. The molecule has 0 fully saturated rings. The molecule has 0 saturated carbocycles. The molecule has 3 rings (SSSR count). The van der Waals surface area contributed by atoms with Gasteiger partial charge < -0.3 is 15.4 Å².